The van der Waals surface area contributed by atoms with Gasteiger partial charge in [-0.05, 0) is 24.6 Å². The van der Waals surface area contributed by atoms with E-state index in [1.165, 1.54) is 12.8 Å². The van der Waals surface area contributed by atoms with Crippen LogP contribution in [0.2, 0.25) is 0 Å². The summed E-state index contributed by atoms with van der Waals surface area (Å²) in [5.41, 5.74) is 3.92. The van der Waals surface area contributed by atoms with Gasteiger partial charge in [-0.2, -0.15) is 0 Å². The highest BCUT2D eigenvalue weighted by Gasteiger charge is 2.15. The third-order valence-electron chi connectivity index (χ3n) is 3.11. The Morgan fingerprint density at radius 2 is 2.00 bits per heavy atom. The number of nitrogens with one attached hydrogen (secondary N) is 1. The van der Waals surface area contributed by atoms with Gasteiger partial charge in [0, 0.05) is 11.6 Å². The fraction of sp³-hybridized carbons (Fsp3) is 0.571. The molecule has 0 saturated carbocycles. The maximum absolute atomic E-state index is 5.66. The topological polar surface area (TPSA) is 56.5 Å². The fourth-order valence-electron chi connectivity index (χ4n) is 2.04. The minimum absolute atomic E-state index is 0.0987. The smallest absolute Gasteiger partial charge is 0.123 e. The second-order valence-corrected chi connectivity index (χ2v) is 4.32. The van der Waals surface area contributed by atoms with Gasteiger partial charge in [0.15, 0.2) is 0 Å². The number of hydrazine groups is 1. The third kappa shape index (κ3) is 3.89. The van der Waals surface area contributed by atoms with Crippen molar-refractivity contribution in [2.24, 2.45) is 5.84 Å². The Hall–Kier alpha value is -1.26. The molecule has 0 saturated heterocycles. The van der Waals surface area contributed by atoms with Crippen LogP contribution in [0.1, 0.15) is 44.2 Å². The molecule has 0 aliphatic heterocycles. The molecule has 1 rings (SSSR count). The van der Waals surface area contributed by atoms with E-state index in [-0.39, 0.29) is 6.04 Å². The van der Waals surface area contributed by atoms with E-state index in [9.17, 15) is 0 Å². The van der Waals surface area contributed by atoms with E-state index >= 15 is 0 Å². The van der Waals surface area contributed by atoms with Gasteiger partial charge in [0.1, 0.15) is 11.5 Å². The molecule has 4 nitrogen and oxygen atoms in total. The van der Waals surface area contributed by atoms with Crippen LogP contribution in [0.5, 0.6) is 11.5 Å². The molecular formula is C14H24N2O2. The van der Waals surface area contributed by atoms with E-state index in [4.69, 9.17) is 15.3 Å². The first-order chi connectivity index (χ1) is 8.76. The zero-order chi connectivity index (χ0) is 13.4. The second-order valence-electron chi connectivity index (χ2n) is 4.32. The summed E-state index contributed by atoms with van der Waals surface area (Å²) in [7, 11) is 3.33. The van der Waals surface area contributed by atoms with Crippen molar-refractivity contribution in [1.82, 2.24) is 5.43 Å². The Bertz CT molecular complexity index is 356. The van der Waals surface area contributed by atoms with Crippen LogP contribution < -0.4 is 20.7 Å². The quantitative estimate of drug-likeness (QED) is 0.424. The third-order valence-corrected chi connectivity index (χ3v) is 3.11. The molecule has 102 valence electrons. The first-order valence-corrected chi connectivity index (χ1v) is 6.44. The van der Waals surface area contributed by atoms with Gasteiger partial charge < -0.3 is 9.47 Å². The van der Waals surface area contributed by atoms with Crippen molar-refractivity contribution < 1.29 is 9.47 Å². The molecule has 0 bridgehead atoms. The molecule has 0 aliphatic carbocycles. The molecule has 1 atom stereocenters. The Kier molecular flexibility index (Phi) is 6.54. The monoisotopic (exact) mass is 252 g/mol. The van der Waals surface area contributed by atoms with Crippen LogP contribution >= 0.6 is 0 Å². The lowest BCUT2D eigenvalue weighted by molar-refractivity contribution is 0.384. The molecule has 4 heteroatoms. The molecule has 0 radical (unpaired) electrons. The highest BCUT2D eigenvalue weighted by molar-refractivity contribution is 5.42. The lowest BCUT2D eigenvalue weighted by atomic mass is 10.00. The van der Waals surface area contributed by atoms with Crippen molar-refractivity contribution in [3.05, 3.63) is 23.8 Å². The average molecular weight is 252 g/mol. The lowest BCUT2D eigenvalue weighted by Gasteiger charge is -2.19. The molecule has 18 heavy (non-hydrogen) atoms. The zero-order valence-electron chi connectivity index (χ0n) is 11.5. The number of methoxy groups -OCH3 is 2. The van der Waals surface area contributed by atoms with Gasteiger partial charge in [0.25, 0.3) is 0 Å². The highest BCUT2D eigenvalue weighted by atomic mass is 16.5. The number of hydrogen-bond acceptors (Lipinski definition) is 4. The Balaban J connectivity index is 2.87. The maximum Gasteiger partial charge on any atom is 0.123 e. The summed E-state index contributed by atoms with van der Waals surface area (Å²) in [6.07, 6.45) is 4.55. The minimum atomic E-state index is 0.0987. The van der Waals surface area contributed by atoms with Gasteiger partial charge in [0.2, 0.25) is 0 Å². The minimum Gasteiger partial charge on any atom is -0.497 e. The number of benzene rings is 1. The molecule has 0 aliphatic rings. The molecule has 1 aromatic rings. The van der Waals surface area contributed by atoms with Crippen molar-refractivity contribution in [3.8, 4) is 11.5 Å². The van der Waals surface area contributed by atoms with Crippen LogP contribution in [-0.4, -0.2) is 14.2 Å². The van der Waals surface area contributed by atoms with Crippen molar-refractivity contribution in [2.75, 3.05) is 14.2 Å². The van der Waals surface area contributed by atoms with Crippen LogP contribution in [0.4, 0.5) is 0 Å². The average Bonchev–Trinajstić information content (AvgIpc) is 2.43. The predicted molar refractivity (Wildman–Crippen MR) is 73.8 cm³/mol. The van der Waals surface area contributed by atoms with E-state index in [0.717, 1.165) is 29.9 Å². The summed E-state index contributed by atoms with van der Waals surface area (Å²) in [4.78, 5) is 0. The maximum atomic E-state index is 5.66. The summed E-state index contributed by atoms with van der Waals surface area (Å²) in [5.74, 6) is 7.32. The molecular weight excluding hydrogens is 228 g/mol. The standard InChI is InChI=1S/C14H24N2O2/c1-4-5-6-7-13(16-15)12-10-11(17-2)8-9-14(12)18-3/h8-10,13,16H,4-7,15H2,1-3H3. The molecule has 1 unspecified atom stereocenters. The largest absolute Gasteiger partial charge is 0.497 e. The van der Waals surface area contributed by atoms with Gasteiger partial charge >= 0.3 is 0 Å². The molecule has 0 aromatic heterocycles. The van der Waals surface area contributed by atoms with Crippen LogP contribution in [0.25, 0.3) is 0 Å². The number of ether oxygens (including phenoxy) is 2. The van der Waals surface area contributed by atoms with Gasteiger partial charge in [-0.25, -0.2) is 0 Å². The molecule has 0 spiro atoms. The Labute approximate surface area is 109 Å². The van der Waals surface area contributed by atoms with Crippen LogP contribution in [0, 0.1) is 0 Å². The van der Waals surface area contributed by atoms with Gasteiger partial charge in [-0.3, -0.25) is 11.3 Å². The van der Waals surface area contributed by atoms with E-state index in [2.05, 4.69) is 12.3 Å². The first kappa shape index (κ1) is 14.8. The van der Waals surface area contributed by atoms with E-state index < -0.39 is 0 Å². The Morgan fingerprint density at radius 1 is 1.22 bits per heavy atom. The number of unbranched alkanes of at least 4 members (excludes halogenated alkanes) is 2. The predicted octanol–water partition coefficient (Wildman–Crippen LogP) is 2.79. The molecule has 0 amide bonds. The number of nitrogens with two attached hydrogens (primary N) is 1. The van der Waals surface area contributed by atoms with E-state index in [0.29, 0.717) is 0 Å². The van der Waals surface area contributed by atoms with E-state index in [1.54, 1.807) is 14.2 Å². The number of hydrogen-bond donors (Lipinski definition) is 2. The van der Waals surface area contributed by atoms with Gasteiger partial charge in [-0.1, -0.05) is 26.2 Å². The van der Waals surface area contributed by atoms with Crippen molar-refractivity contribution in [3.63, 3.8) is 0 Å². The van der Waals surface area contributed by atoms with Crippen LogP contribution in [-0.2, 0) is 0 Å². The van der Waals surface area contributed by atoms with Crippen LogP contribution in [0.3, 0.4) is 0 Å². The van der Waals surface area contributed by atoms with E-state index in [1.807, 2.05) is 18.2 Å². The zero-order valence-corrected chi connectivity index (χ0v) is 11.5. The summed E-state index contributed by atoms with van der Waals surface area (Å²) >= 11 is 0. The van der Waals surface area contributed by atoms with Crippen molar-refractivity contribution in [1.29, 1.82) is 0 Å². The van der Waals surface area contributed by atoms with Crippen molar-refractivity contribution >= 4 is 0 Å². The summed E-state index contributed by atoms with van der Waals surface area (Å²) in [6.45, 7) is 2.19. The lowest BCUT2D eigenvalue weighted by Crippen LogP contribution is -2.28. The first-order valence-electron chi connectivity index (χ1n) is 6.44. The second kappa shape index (κ2) is 7.95. The van der Waals surface area contributed by atoms with Gasteiger partial charge in [-0.15, -0.1) is 0 Å². The van der Waals surface area contributed by atoms with Gasteiger partial charge in [0.05, 0.1) is 14.2 Å². The van der Waals surface area contributed by atoms with Crippen molar-refractivity contribution in [2.45, 2.75) is 38.6 Å². The van der Waals surface area contributed by atoms with Crippen LogP contribution in [0.15, 0.2) is 18.2 Å². The molecule has 0 fully saturated rings. The summed E-state index contributed by atoms with van der Waals surface area (Å²) in [6, 6.07) is 5.89. The molecule has 1 aromatic carbocycles. The highest BCUT2D eigenvalue weighted by Crippen LogP contribution is 2.31. The summed E-state index contributed by atoms with van der Waals surface area (Å²) < 4.78 is 10.6. The Morgan fingerprint density at radius 3 is 2.56 bits per heavy atom. The normalized spacial score (nSPS) is 12.2. The molecule has 3 N–H and O–H groups in total. The number of rotatable bonds is 8. The molecule has 0 heterocycles. The SMILES string of the molecule is CCCCCC(NN)c1cc(OC)ccc1OC. The summed E-state index contributed by atoms with van der Waals surface area (Å²) in [5, 5.41) is 0. The fourth-order valence-corrected chi connectivity index (χ4v) is 2.04.